The van der Waals surface area contributed by atoms with Gasteiger partial charge >= 0.3 is 0 Å². The highest BCUT2D eigenvalue weighted by molar-refractivity contribution is 5.93. The van der Waals surface area contributed by atoms with E-state index in [9.17, 15) is 4.79 Å². The highest BCUT2D eigenvalue weighted by Gasteiger charge is 2.31. The molecular formula is C29H28N4O3. The molecule has 0 N–H and O–H groups in total. The van der Waals surface area contributed by atoms with Gasteiger partial charge in [0.15, 0.2) is 0 Å². The summed E-state index contributed by atoms with van der Waals surface area (Å²) in [5.74, 6) is 8.31. The molecule has 4 aromatic rings. The first-order valence-electron chi connectivity index (χ1n) is 12.1. The zero-order valence-electron chi connectivity index (χ0n) is 20.7. The molecule has 2 aromatic carbocycles. The number of aromatic nitrogens is 3. The van der Waals surface area contributed by atoms with Crippen LogP contribution in [0.25, 0.3) is 16.8 Å². The zero-order valence-corrected chi connectivity index (χ0v) is 20.7. The monoisotopic (exact) mass is 480 g/mol. The van der Waals surface area contributed by atoms with Crippen molar-refractivity contribution in [2.24, 2.45) is 0 Å². The fraction of sp³-hybridized carbons (Fsp3) is 0.276. The van der Waals surface area contributed by atoms with Crippen LogP contribution in [0.5, 0.6) is 17.2 Å². The lowest BCUT2D eigenvalue weighted by Crippen LogP contribution is -2.38. The summed E-state index contributed by atoms with van der Waals surface area (Å²) in [6.07, 6.45) is 6.57. The number of fused-ring (bicyclic) bond motifs is 1. The Labute approximate surface area is 210 Å². The Bertz CT molecular complexity index is 1460. The minimum absolute atomic E-state index is 0.134. The normalized spacial score (nSPS) is 15.3. The topological polar surface area (TPSA) is 69.0 Å². The van der Waals surface area contributed by atoms with Crippen molar-refractivity contribution in [1.29, 1.82) is 0 Å². The number of hydrogen-bond acceptors (Lipinski definition) is 5. The Morgan fingerprint density at radius 3 is 2.67 bits per heavy atom. The number of hydrogen-bond donors (Lipinski definition) is 0. The van der Waals surface area contributed by atoms with Crippen LogP contribution in [0.4, 0.5) is 0 Å². The molecular weight excluding hydrogens is 452 g/mol. The lowest BCUT2D eigenvalue weighted by atomic mass is 10.0. The number of imidazole rings is 1. The number of ether oxygens (including phenoxy) is 2. The van der Waals surface area contributed by atoms with Crippen LogP contribution < -0.4 is 9.47 Å². The maximum absolute atomic E-state index is 12.8. The first-order chi connectivity index (χ1) is 17.6. The molecule has 7 nitrogen and oxygen atoms in total. The van der Waals surface area contributed by atoms with Crippen molar-refractivity contribution in [2.45, 2.75) is 39.2 Å². The number of methoxy groups -OCH3 is 1. The summed E-state index contributed by atoms with van der Waals surface area (Å²) in [7, 11) is 1.63. The third kappa shape index (κ3) is 4.50. The van der Waals surface area contributed by atoms with Gasteiger partial charge in [0, 0.05) is 30.6 Å². The van der Waals surface area contributed by atoms with E-state index >= 15 is 0 Å². The number of aryl methyl sites for hydroxylation is 1. The predicted molar refractivity (Wildman–Crippen MR) is 138 cm³/mol. The fourth-order valence-electron chi connectivity index (χ4n) is 4.76. The third-order valence-electron chi connectivity index (χ3n) is 6.46. The van der Waals surface area contributed by atoms with Crippen LogP contribution in [0.3, 0.4) is 0 Å². The maximum Gasteiger partial charge on any atom is 0.299 e. The largest absolute Gasteiger partial charge is 0.497 e. The van der Waals surface area contributed by atoms with E-state index in [4.69, 9.17) is 14.5 Å². The molecule has 1 unspecified atom stereocenters. The van der Waals surface area contributed by atoms with E-state index in [1.54, 1.807) is 20.2 Å². The Morgan fingerprint density at radius 2 is 1.89 bits per heavy atom. The van der Waals surface area contributed by atoms with Crippen LogP contribution in [0.15, 0.2) is 60.9 Å². The minimum Gasteiger partial charge on any atom is -0.497 e. The second-order valence-electron chi connectivity index (χ2n) is 8.74. The van der Waals surface area contributed by atoms with Crippen molar-refractivity contribution in [3.8, 4) is 40.3 Å². The molecule has 0 bridgehead atoms. The van der Waals surface area contributed by atoms with Gasteiger partial charge in [0.05, 0.1) is 30.1 Å². The fourth-order valence-corrected chi connectivity index (χ4v) is 4.76. The Morgan fingerprint density at radius 1 is 1.08 bits per heavy atom. The van der Waals surface area contributed by atoms with Gasteiger partial charge in [-0.3, -0.25) is 14.2 Å². The summed E-state index contributed by atoms with van der Waals surface area (Å²) in [6, 6.07) is 15.2. The number of likely N-dealkylation sites (tertiary alicyclic amines) is 1. The van der Waals surface area contributed by atoms with Gasteiger partial charge < -0.3 is 14.4 Å². The molecule has 2 aromatic heterocycles. The summed E-state index contributed by atoms with van der Waals surface area (Å²) in [4.78, 5) is 24.3. The molecule has 1 saturated heterocycles. The van der Waals surface area contributed by atoms with Crippen molar-refractivity contribution in [3.63, 3.8) is 0 Å². The van der Waals surface area contributed by atoms with Crippen LogP contribution in [0.1, 0.15) is 43.7 Å². The molecule has 36 heavy (non-hydrogen) atoms. The molecule has 1 fully saturated rings. The van der Waals surface area contributed by atoms with Crippen LogP contribution in [0, 0.1) is 18.8 Å². The molecule has 7 heteroatoms. The quantitative estimate of drug-likeness (QED) is 0.349. The van der Waals surface area contributed by atoms with Crippen LogP contribution in [-0.2, 0) is 4.79 Å². The molecule has 0 spiro atoms. The van der Waals surface area contributed by atoms with Crippen LogP contribution in [-0.4, -0.2) is 38.8 Å². The van der Waals surface area contributed by atoms with Crippen molar-refractivity contribution in [3.05, 3.63) is 72.4 Å². The number of carbonyl (C=O) groups excluding carboxylic acids is 1. The van der Waals surface area contributed by atoms with Gasteiger partial charge in [-0.25, -0.2) is 4.98 Å². The average molecular weight is 481 g/mol. The molecule has 1 aliphatic rings. The lowest BCUT2D eigenvalue weighted by Gasteiger charge is -2.33. The van der Waals surface area contributed by atoms with Gasteiger partial charge in [-0.2, -0.15) is 0 Å². The summed E-state index contributed by atoms with van der Waals surface area (Å²) in [5, 5.41) is 0. The van der Waals surface area contributed by atoms with E-state index in [0.29, 0.717) is 18.0 Å². The molecule has 3 heterocycles. The van der Waals surface area contributed by atoms with E-state index in [1.165, 1.54) is 0 Å². The van der Waals surface area contributed by atoms with Gasteiger partial charge in [0.25, 0.3) is 5.91 Å². The molecule has 0 aliphatic carbocycles. The maximum atomic E-state index is 12.8. The molecule has 0 radical (unpaired) electrons. The summed E-state index contributed by atoms with van der Waals surface area (Å²) in [6.45, 7) is 4.36. The second-order valence-corrected chi connectivity index (χ2v) is 8.74. The van der Waals surface area contributed by atoms with E-state index in [2.05, 4.69) is 21.2 Å². The molecule has 1 amide bonds. The number of nitrogens with zero attached hydrogens (tertiary/aromatic N) is 4. The third-order valence-corrected chi connectivity index (χ3v) is 6.46. The number of piperidine rings is 1. The van der Waals surface area contributed by atoms with Crippen molar-refractivity contribution >= 4 is 11.4 Å². The first kappa shape index (κ1) is 23.4. The SMILES string of the molecule is CC#CC(=O)N1CCCCC1c1nc(-c2ccc(Oc3cccc(OC)c3)cc2)c2c(C)nccn12. The van der Waals surface area contributed by atoms with Gasteiger partial charge in [-0.05, 0) is 75.4 Å². The lowest BCUT2D eigenvalue weighted by molar-refractivity contribution is -0.129. The summed E-state index contributed by atoms with van der Waals surface area (Å²) in [5.41, 5.74) is 3.61. The number of benzene rings is 2. The van der Waals surface area contributed by atoms with Crippen LogP contribution >= 0.6 is 0 Å². The number of rotatable bonds is 5. The Kier molecular flexibility index (Phi) is 6.59. The smallest absolute Gasteiger partial charge is 0.299 e. The zero-order chi connectivity index (χ0) is 25.1. The number of carbonyl (C=O) groups is 1. The Balaban J connectivity index is 1.52. The van der Waals surface area contributed by atoms with E-state index in [1.807, 2.05) is 66.6 Å². The molecule has 182 valence electrons. The van der Waals surface area contributed by atoms with Gasteiger partial charge in [-0.1, -0.05) is 12.0 Å². The first-order valence-corrected chi connectivity index (χ1v) is 12.1. The minimum atomic E-state index is -0.148. The summed E-state index contributed by atoms with van der Waals surface area (Å²) >= 11 is 0. The van der Waals surface area contributed by atoms with Gasteiger partial charge in [-0.15, -0.1) is 0 Å². The predicted octanol–water partition coefficient (Wildman–Crippen LogP) is 5.58. The summed E-state index contributed by atoms with van der Waals surface area (Å²) < 4.78 is 13.4. The second kappa shape index (κ2) is 10.1. The molecule has 5 rings (SSSR count). The molecule has 1 aliphatic heterocycles. The van der Waals surface area contributed by atoms with Crippen LogP contribution in [0.2, 0.25) is 0 Å². The Hall–Kier alpha value is -4.31. The van der Waals surface area contributed by atoms with E-state index in [-0.39, 0.29) is 11.9 Å². The highest BCUT2D eigenvalue weighted by atomic mass is 16.5. The number of amides is 1. The van der Waals surface area contributed by atoms with E-state index in [0.717, 1.165) is 53.3 Å². The van der Waals surface area contributed by atoms with Crippen molar-refractivity contribution < 1.29 is 14.3 Å². The average Bonchev–Trinajstić information content (AvgIpc) is 3.30. The van der Waals surface area contributed by atoms with E-state index < -0.39 is 0 Å². The van der Waals surface area contributed by atoms with Crippen molar-refractivity contribution in [1.82, 2.24) is 19.3 Å². The standard InChI is InChI=1S/C29H28N4O3/c1-4-8-26(34)32-17-6-5-11-25(32)29-31-27(28-20(2)30-16-18-33(28)29)21-12-14-22(15-13-21)36-24-10-7-9-23(19-24)35-3/h7,9-10,12-16,18-19,25H,5-6,11,17H2,1-3H3. The molecule has 0 saturated carbocycles. The molecule has 1 atom stereocenters. The van der Waals surface area contributed by atoms with Gasteiger partial charge in [0.1, 0.15) is 23.1 Å². The van der Waals surface area contributed by atoms with Gasteiger partial charge in [0.2, 0.25) is 0 Å². The van der Waals surface area contributed by atoms with Crippen molar-refractivity contribution in [2.75, 3.05) is 13.7 Å². The highest BCUT2D eigenvalue weighted by Crippen LogP contribution is 2.36.